The van der Waals surface area contributed by atoms with Gasteiger partial charge in [0.05, 0.1) is 21.8 Å². The standard InChI is InChI=1S/C19H12ClF6N3O2S/c20-12-3-1-2-4-13(12)28-17-29-16(31)14(32-17)8-15(30)27-11-6-9(18(21,22)23)5-10(7-11)19(24,25)26/h1-7,14H,8H2,(H,27,30)(H,28,29,31)/t14-/m0/s1. The Morgan fingerprint density at radius 1 is 1.06 bits per heavy atom. The molecule has 0 radical (unpaired) electrons. The maximum absolute atomic E-state index is 12.9. The third-order valence-electron chi connectivity index (χ3n) is 4.09. The zero-order valence-corrected chi connectivity index (χ0v) is 17.2. The summed E-state index contributed by atoms with van der Waals surface area (Å²) >= 11 is 6.87. The Balaban J connectivity index is 1.73. The molecule has 1 saturated heterocycles. The number of para-hydroxylation sites is 1. The lowest BCUT2D eigenvalue weighted by atomic mass is 10.1. The number of carbonyl (C=O) groups excluding carboxylic acids is 2. The van der Waals surface area contributed by atoms with Gasteiger partial charge in [0.2, 0.25) is 11.8 Å². The van der Waals surface area contributed by atoms with E-state index in [1.807, 2.05) is 5.32 Å². The fourth-order valence-electron chi connectivity index (χ4n) is 2.65. The minimum absolute atomic E-state index is 0.0482. The zero-order valence-electron chi connectivity index (χ0n) is 15.6. The average molecular weight is 496 g/mol. The highest BCUT2D eigenvalue weighted by Crippen LogP contribution is 2.37. The van der Waals surface area contributed by atoms with Gasteiger partial charge in [-0.3, -0.25) is 9.59 Å². The van der Waals surface area contributed by atoms with Gasteiger partial charge >= 0.3 is 12.4 Å². The van der Waals surface area contributed by atoms with Crippen LogP contribution in [0.3, 0.4) is 0 Å². The molecule has 170 valence electrons. The van der Waals surface area contributed by atoms with Crippen molar-refractivity contribution in [3.05, 3.63) is 58.6 Å². The van der Waals surface area contributed by atoms with Gasteiger partial charge in [-0.15, -0.1) is 0 Å². The van der Waals surface area contributed by atoms with Gasteiger partial charge < -0.3 is 10.6 Å². The summed E-state index contributed by atoms with van der Waals surface area (Å²) in [6.45, 7) is 0. The molecule has 3 rings (SSSR count). The van der Waals surface area contributed by atoms with Crippen LogP contribution in [-0.4, -0.2) is 22.2 Å². The fraction of sp³-hybridized carbons (Fsp3) is 0.211. The smallest absolute Gasteiger partial charge is 0.326 e. The summed E-state index contributed by atoms with van der Waals surface area (Å²) in [5.41, 5.74) is -3.45. The zero-order chi connectivity index (χ0) is 23.7. The molecule has 1 atom stereocenters. The van der Waals surface area contributed by atoms with Crippen molar-refractivity contribution in [1.82, 2.24) is 5.32 Å². The number of rotatable bonds is 4. The SMILES string of the molecule is O=C(C[C@@H]1SC(=Nc2ccccc2Cl)NC1=O)Nc1cc(C(F)(F)F)cc(C(F)(F)F)c1. The van der Waals surface area contributed by atoms with Crippen LogP contribution in [0.4, 0.5) is 37.7 Å². The van der Waals surface area contributed by atoms with Gasteiger partial charge in [-0.05, 0) is 30.3 Å². The summed E-state index contributed by atoms with van der Waals surface area (Å²) in [6, 6.07) is 7.25. The van der Waals surface area contributed by atoms with Crippen LogP contribution in [0.2, 0.25) is 5.02 Å². The largest absolute Gasteiger partial charge is 0.416 e. The van der Waals surface area contributed by atoms with E-state index in [4.69, 9.17) is 11.6 Å². The van der Waals surface area contributed by atoms with E-state index in [1.165, 1.54) is 0 Å². The molecule has 2 amide bonds. The normalized spacial score (nSPS) is 18.0. The first-order valence-corrected chi connectivity index (χ1v) is 9.99. The second kappa shape index (κ2) is 9.02. The second-order valence-electron chi connectivity index (χ2n) is 6.51. The van der Waals surface area contributed by atoms with Crippen molar-refractivity contribution >= 4 is 51.7 Å². The van der Waals surface area contributed by atoms with Crippen LogP contribution < -0.4 is 10.6 Å². The van der Waals surface area contributed by atoms with Crippen LogP contribution in [0.15, 0.2) is 47.5 Å². The number of nitrogens with one attached hydrogen (secondary N) is 2. The maximum Gasteiger partial charge on any atom is 0.416 e. The molecule has 2 aromatic rings. The Labute approximate surface area is 186 Å². The molecule has 0 unspecified atom stereocenters. The van der Waals surface area contributed by atoms with E-state index in [9.17, 15) is 35.9 Å². The van der Waals surface area contributed by atoms with Crippen molar-refractivity contribution in [3.8, 4) is 0 Å². The van der Waals surface area contributed by atoms with Crippen molar-refractivity contribution in [1.29, 1.82) is 0 Å². The van der Waals surface area contributed by atoms with E-state index in [2.05, 4.69) is 10.3 Å². The number of nitrogens with zero attached hydrogens (tertiary/aromatic N) is 1. The average Bonchev–Trinajstić information content (AvgIpc) is 3.00. The van der Waals surface area contributed by atoms with Gasteiger partial charge in [-0.1, -0.05) is 35.5 Å². The summed E-state index contributed by atoms with van der Waals surface area (Å²) < 4.78 is 77.7. The lowest BCUT2D eigenvalue weighted by molar-refractivity contribution is -0.143. The molecule has 32 heavy (non-hydrogen) atoms. The number of benzene rings is 2. The third-order valence-corrected chi connectivity index (χ3v) is 5.49. The van der Waals surface area contributed by atoms with Crippen LogP contribution in [-0.2, 0) is 21.9 Å². The second-order valence-corrected chi connectivity index (χ2v) is 8.11. The molecule has 0 saturated carbocycles. The molecule has 1 aliphatic heterocycles. The number of aliphatic imine (C=N–C) groups is 1. The summed E-state index contributed by atoms with van der Waals surface area (Å²) in [6.07, 6.45) is -10.6. The third kappa shape index (κ3) is 5.94. The number of amides is 2. The van der Waals surface area contributed by atoms with Crippen molar-refractivity contribution in [3.63, 3.8) is 0 Å². The fourth-order valence-corrected chi connectivity index (χ4v) is 3.81. The first-order chi connectivity index (χ1) is 14.8. The van der Waals surface area contributed by atoms with Crippen LogP contribution in [0.5, 0.6) is 0 Å². The topological polar surface area (TPSA) is 70.6 Å². The molecular weight excluding hydrogens is 484 g/mol. The molecule has 0 aliphatic carbocycles. The predicted octanol–water partition coefficient (Wildman–Crippen LogP) is 5.63. The molecule has 0 aromatic heterocycles. The van der Waals surface area contributed by atoms with Gasteiger partial charge in [0.15, 0.2) is 5.17 Å². The van der Waals surface area contributed by atoms with Gasteiger partial charge in [-0.2, -0.15) is 26.3 Å². The molecular formula is C19H12ClF6N3O2S. The molecule has 1 heterocycles. The Hall–Kier alpha value is -2.73. The molecule has 13 heteroatoms. The molecule has 2 N–H and O–H groups in total. The van der Waals surface area contributed by atoms with E-state index >= 15 is 0 Å². The van der Waals surface area contributed by atoms with Crippen molar-refractivity contribution < 1.29 is 35.9 Å². The molecule has 1 fully saturated rings. The van der Waals surface area contributed by atoms with Gasteiger partial charge in [0, 0.05) is 12.1 Å². The minimum atomic E-state index is -5.05. The predicted molar refractivity (Wildman–Crippen MR) is 108 cm³/mol. The number of hydrogen-bond donors (Lipinski definition) is 2. The van der Waals surface area contributed by atoms with E-state index in [-0.39, 0.29) is 11.2 Å². The van der Waals surface area contributed by atoms with Crippen molar-refractivity contribution in [2.45, 2.75) is 24.0 Å². The Kier molecular flexibility index (Phi) is 6.75. The number of amidine groups is 1. The van der Waals surface area contributed by atoms with Crippen LogP contribution in [0.1, 0.15) is 17.5 Å². The van der Waals surface area contributed by atoms with E-state index < -0.39 is 52.7 Å². The highest BCUT2D eigenvalue weighted by Gasteiger charge is 2.37. The summed E-state index contributed by atoms with van der Waals surface area (Å²) in [5.74, 6) is -1.53. The van der Waals surface area contributed by atoms with Crippen LogP contribution in [0, 0.1) is 0 Å². The Morgan fingerprint density at radius 3 is 2.22 bits per heavy atom. The molecule has 5 nitrogen and oxygen atoms in total. The van der Waals surface area contributed by atoms with Crippen LogP contribution in [0.25, 0.3) is 0 Å². The number of hydrogen-bond acceptors (Lipinski definition) is 4. The monoisotopic (exact) mass is 495 g/mol. The first-order valence-electron chi connectivity index (χ1n) is 8.73. The molecule has 0 spiro atoms. The summed E-state index contributed by atoms with van der Waals surface area (Å²) in [5, 5.41) is 3.93. The van der Waals surface area contributed by atoms with Gasteiger partial charge in [0.1, 0.15) is 5.25 Å². The van der Waals surface area contributed by atoms with E-state index in [0.29, 0.717) is 22.8 Å². The molecule has 0 bridgehead atoms. The number of alkyl halides is 6. The minimum Gasteiger partial charge on any atom is -0.326 e. The van der Waals surface area contributed by atoms with Crippen molar-refractivity contribution in [2.24, 2.45) is 4.99 Å². The quantitative estimate of drug-likeness (QED) is 0.540. The van der Waals surface area contributed by atoms with Gasteiger partial charge in [-0.25, -0.2) is 4.99 Å². The van der Waals surface area contributed by atoms with E-state index in [0.717, 1.165) is 11.8 Å². The number of carbonyl (C=O) groups is 2. The maximum atomic E-state index is 12.9. The number of halogens is 7. The van der Waals surface area contributed by atoms with Crippen LogP contribution >= 0.6 is 23.4 Å². The highest BCUT2D eigenvalue weighted by atomic mass is 35.5. The highest BCUT2D eigenvalue weighted by molar-refractivity contribution is 8.15. The molecule has 1 aliphatic rings. The Bertz CT molecular complexity index is 1060. The Morgan fingerprint density at radius 2 is 1.66 bits per heavy atom. The van der Waals surface area contributed by atoms with E-state index in [1.54, 1.807) is 24.3 Å². The number of anilines is 1. The lowest BCUT2D eigenvalue weighted by Crippen LogP contribution is -2.28. The molecule has 2 aromatic carbocycles. The summed E-state index contributed by atoms with van der Waals surface area (Å²) in [7, 11) is 0. The number of thioether (sulfide) groups is 1. The first kappa shape index (κ1) is 23.9. The van der Waals surface area contributed by atoms with Gasteiger partial charge in [0.25, 0.3) is 0 Å². The lowest BCUT2D eigenvalue weighted by Gasteiger charge is -2.15. The summed E-state index contributed by atoms with van der Waals surface area (Å²) in [4.78, 5) is 28.5. The van der Waals surface area contributed by atoms with Crippen molar-refractivity contribution in [2.75, 3.05) is 5.32 Å².